The fraction of sp³-hybridized carbons (Fsp3) is 0.400. The lowest BCUT2D eigenvalue weighted by atomic mass is 9.56. The number of ether oxygens (including phenoxy) is 1. The van der Waals surface area contributed by atoms with Gasteiger partial charge in [-0.05, 0) is 59.0 Å². The molecule has 1 N–H and O–H groups in total. The number of benzene rings is 2. The molecule has 0 aromatic heterocycles. The largest absolute Gasteiger partial charge is 0.504 e. The second kappa shape index (κ2) is 12.1. The summed E-state index contributed by atoms with van der Waals surface area (Å²) in [5.74, 6) is -7.54. The van der Waals surface area contributed by atoms with Gasteiger partial charge in [0.1, 0.15) is 0 Å². The van der Waals surface area contributed by atoms with Crippen molar-refractivity contribution in [2.24, 2.45) is 17.8 Å². The fourth-order valence-electron chi connectivity index (χ4n) is 7.75. The molecule has 0 unspecified atom stereocenters. The van der Waals surface area contributed by atoms with Crippen molar-refractivity contribution < 1.29 is 38.9 Å². The van der Waals surface area contributed by atoms with Crippen LogP contribution in [-0.2, 0) is 19.2 Å². The average molecular weight is 893 g/mol. The van der Waals surface area contributed by atoms with Gasteiger partial charge in [-0.1, -0.05) is 27.6 Å². The number of nitro groups is 2. The molecule has 0 bridgehead atoms. The van der Waals surface area contributed by atoms with Gasteiger partial charge in [0.05, 0.1) is 43.5 Å². The number of fused-ring (bicyclic) bond motifs is 4. The van der Waals surface area contributed by atoms with Crippen LogP contribution >= 0.6 is 61.7 Å². The van der Waals surface area contributed by atoms with E-state index in [1.165, 1.54) is 32.2 Å². The van der Waals surface area contributed by atoms with Crippen LogP contribution < -0.4 is 14.5 Å². The Balaban J connectivity index is 1.53. The number of phenols is 1. The van der Waals surface area contributed by atoms with Crippen LogP contribution in [0.1, 0.15) is 24.3 Å². The number of carbonyl (C=O) groups is 4. The molecule has 0 radical (unpaired) electrons. The van der Waals surface area contributed by atoms with Gasteiger partial charge in [-0.25, -0.2) is 4.90 Å². The Hall–Kier alpha value is -3.55. The molecule has 0 spiro atoms. The standard InChI is InChI=1S/C30H25BrCl2IN5O10/c1-35(2)23-18(38(45)46)8-13(9-19(23)39(47)48)37-25(41)15-5-4-14-16(21(15)26(37)42)10-29(32)27(43)36(11-31)28(44)30(29,33)22(14)12-6-17(34)24(40)20(7-12)49-3/h4,6-9,15-16,21-22,40H,5,10-11H2,1-3H3/t15-,16+,21-,22-,29+,30-/m0/s1. The highest BCUT2D eigenvalue weighted by Gasteiger charge is 2.76. The molecule has 15 nitrogen and oxygen atoms in total. The van der Waals surface area contributed by atoms with Gasteiger partial charge in [-0.15, -0.1) is 23.2 Å². The fourth-order valence-corrected chi connectivity index (χ4v) is 9.80. The summed E-state index contributed by atoms with van der Waals surface area (Å²) in [4.78, 5) is 77.3. The molecule has 2 saturated heterocycles. The number of hydrogen-bond acceptors (Lipinski definition) is 11. The zero-order chi connectivity index (χ0) is 36.1. The van der Waals surface area contributed by atoms with Crippen molar-refractivity contribution in [1.82, 2.24) is 4.90 Å². The molecule has 6 rings (SSSR count). The van der Waals surface area contributed by atoms with Crippen LogP contribution in [0.25, 0.3) is 0 Å². The third kappa shape index (κ3) is 4.78. The number of allylic oxidation sites excluding steroid dienone is 2. The molecule has 2 aliphatic carbocycles. The van der Waals surface area contributed by atoms with E-state index in [2.05, 4.69) is 15.9 Å². The van der Waals surface area contributed by atoms with E-state index in [0.717, 1.165) is 17.0 Å². The third-order valence-corrected chi connectivity index (χ3v) is 12.5. The number of aromatic hydroxyl groups is 1. The lowest BCUT2D eigenvalue weighted by Crippen LogP contribution is -2.60. The van der Waals surface area contributed by atoms with Gasteiger partial charge in [0.25, 0.3) is 11.8 Å². The molecule has 2 aliphatic heterocycles. The van der Waals surface area contributed by atoms with E-state index in [0.29, 0.717) is 19.6 Å². The maximum atomic E-state index is 14.4. The van der Waals surface area contributed by atoms with Crippen molar-refractivity contribution in [1.29, 1.82) is 0 Å². The summed E-state index contributed by atoms with van der Waals surface area (Å²) in [7, 11) is 4.11. The van der Waals surface area contributed by atoms with Gasteiger partial charge in [-0.3, -0.25) is 44.3 Å². The predicted octanol–water partition coefficient (Wildman–Crippen LogP) is 4.80. The minimum atomic E-state index is -2.10. The number of nitrogens with zero attached hydrogens (tertiary/aromatic N) is 5. The number of likely N-dealkylation sites (tertiary alicyclic amines) is 1. The first-order valence-corrected chi connectivity index (χ1v) is 17.5. The van der Waals surface area contributed by atoms with E-state index in [1.54, 1.807) is 12.1 Å². The smallest absolute Gasteiger partial charge is 0.301 e. The summed E-state index contributed by atoms with van der Waals surface area (Å²) in [6.07, 6.45) is 1.34. The Bertz CT molecular complexity index is 1910. The molecule has 258 valence electrons. The van der Waals surface area contributed by atoms with Crippen LogP contribution in [-0.4, -0.2) is 79.9 Å². The molecular weight excluding hydrogens is 868 g/mol. The van der Waals surface area contributed by atoms with E-state index in [-0.39, 0.29) is 41.2 Å². The van der Waals surface area contributed by atoms with Crippen LogP contribution in [0.3, 0.4) is 0 Å². The Kier molecular flexibility index (Phi) is 8.68. The topological polar surface area (TPSA) is 194 Å². The number of alkyl halides is 3. The highest BCUT2D eigenvalue weighted by atomic mass is 127. The second-order valence-corrected chi connectivity index (χ2v) is 15.2. The number of nitro benzene ring substituents is 2. The van der Waals surface area contributed by atoms with Gasteiger partial charge < -0.3 is 14.7 Å². The first-order valence-electron chi connectivity index (χ1n) is 14.5. The number of phenolic OH excluding ortho intramolecular Hbond substituents is 1. The second-order valence-electron chi connectivity index (χ2n) is 12.3. The molecule has 4 aliphatic rings. The Morgan fingerprint density at radius 2 is 1.65 bits per heavy atom. The number of methoxy groups -OCH3 is 1. The number of hydrogen-bond donors (Lipinski definition) is 1. The minimum Gasteiger partial charge on any atom is -0.504 e. The van der Waals surface area contributed by atoms with E-state index < -0.39 is 78.3 Å². The first kappa shape index (κ1) is 35.3. The maximum absolute atomic E-state index is 14.4. The molecule has 2 heterocycles. The van der Waals surface area contributed by atoms with Crippen molar-refractivity contribution in [3.05, 3.63) is 65.3 Å². The number of anilines is 2. The maximum Gasteiger partial charge on any atom is 0.301 e. The normalized spacial score (nSPS) is 29.0. The van der Waals surface area contributed by atoms with Crippen LogP contribution in [0.4, 0.5) is 22.7 Å². The zero-order valence-electron chi connectivity index (χ0n) is 25.7. The van der Waals surface area contributed by atoms with E-state index in [9.17, 15) is 44.5 Å². The summed E-state index contributed by atoms with van der Waals surface area (Å²) in [5.41, 5.74) is -1.47. The number of amides is 4. The SMILES string of the molecule is COc1cc([C@H]2C3=CC[C@@H]4C(=O)N(c5cc([N+](=O)[O-])c(N(C)C)c([N+](=O)[O-])c5)C(=O)[C@@H]4[C@@H]3C[C@@]3(Cl)C(=O)N(CBr)C(=O)[C@@]23Cl)cc(I)c1O. The summed E-state index contributed by atoms with van der Waals surface area (Å²) in [6.45, 7) is 0. The molecule has 2 aromatic rings. The Morgan fingerprint density at radius 1 is 1.04 bits per heavy atom. The minimum absolute atomic E-state index is 0.0209. The molecule has 1 saturated carbocycles. The van der Waals surface area contributed by atoms with Crippen molar-refractivity contribution in [2.75, 3.05) is 36.5 Å². The number of rotatable bonds is 7. The van der Waals surface area contributed by atoms with Gasteiger partial charge in [0.2, 0.25) is 11.8 Å². The summed E-state index contributed by atoms with van der Waals surface area (Å²) in [5, 5.41) is 34.7. The predicted molar refractivity (Wildman–Crippen MR) is 187 cm³/mol. The number of imide groups is 2. The van der Waals surface area contributed by atoms with Gasteiger partial charge in [0.15, 0.2) is 26.9 Å². The highest BCUT2D eigenvalue weighted by molar-refractivity contribution is 14.1. The van der Waals surface area contributed by atoms with Gasteiger partial charge in [-0.2, -0.15) is 0 Å². The van der Waals surface area contributed by atoms with E-state index in [1.807, 2.05) is 22.6 Å². The molecule has 4 amide bonds. The van der Waals surface area contributed by atoms with Crippen LogP contribution in [0.2, 0.25) is 0 Å². The lowest BCUT2D eigenvalue weighted by Gasteiger charge is -2.50. The van der Waals surface area contributed by atoms with Crippen molar-refractivity contribution in [3.8, 4) is 11.5 Å². The number of carbonyl (C=O) groups excluding carboxylic acids is 4. The van der Waals surface area contributed by atoms with Crippen LogP contribution in [0.15, 0.2) is 35.9 Å². The van der Waals surface area contributed by atoms with Gasteiger partial charge in [0, 0.05) is 32.1 Å². The number of halogens is 4. The van der Waals surface area contributed by atoms with Crippen LogP contribution in [0, 0.1) is 41.6 Å². The Labute approximate surface area is 309 Å². The van der Waals surface area contributed by atoms with E-state index >= 15 is 0 Å². The van der Waals surface area contributed by atoms with Crippen LogP contribution in [0.5, 0.6) is 11.5 Å². The molecule has 2 aromatic carbocycles. The summed E-state index contributed by atoms with van der Waals surface area (Å²) in [6, 6.07) is 4.91. The highest BCUT2D eigenvalue weighted by Crippen LogP contribution is 2.66. The lowest BCUT2D eigenvalue weighted by molar-refractivity contribution is -0.392. The third-order valence-electron chi connectivity index (χ3n) is 9.77. The molecular formula is C30H25BrCl2IN5O10. The average Bonchev–Trinajstić information content (AvgIpc) is 3.38. The zero-order valence-corrected chi connectivity index (χ0v) is 30.9. The van der Waals surface area contributed by atoms with Crippen molar-refractivity contribution in [3.63, 3.8) is 0 Å². The molecule has 49 heavy (non-hydrogen) atoms. The molecule has 3 fully saturated rings. The van der Waals surface area contributed by atoms with Crippen molar-refractivity contribution >= 4 is 108 Å². The Morgan fingerprint density at radius 3 is 2.18 bits per heavy atom. The summed E-state index contributed by atoms with van der Waals surface area (Å²) < 4.78 is 5.70. The van der Waals surface area contributed by atoms with E-state index in [4.69, 9.17) is 27.9 Å². The van der Waals surface area contributed by atoms with Gasteiger partial charge >= 0.3 is 11.4 Å². The quantitative estimate of drug-likeness (QED) is 0.0764. The monoisotopic (exact) mass is 891 g/mol. The summed E-state index contributed by atoms with van der Waals surface area (Å²) >= 11 is 19.5. The van der Waals surface area contributed by atoms with Crippen molar-refractivity contribution in [2.45, 2.75) is 28.5 Å². The molecule has 19 heteroatoms. The first-order chi connectivity index (χ1) is 23.0. The molecule has 6 atom stereocenters.